The molecule has 2 amide bonds. The molecule has 3 atom stereocenters. The average molecular weight is 499 g/mol. The molecule has 15 heteroatoms. The first-order valence-corrected chi connectivity index (χ1v) is 11.5. The number of fused-ring (bicyclic) bond motifs is 1. The Hall–Kier alpha value is -3.20. The summed E-state index contributed by atoms with van der Waals surface area (Å²) in [5.41, 5.74) is 4.31. The summed E-state index contributed by atoms with van der Waals surface area (Å²) in [7, 11) is 0. The van der Waals surface area contributed by atoms with Crippen molar-refractivity contribution in [3.63, 3.8) is 0 Å². The van der Waals surface area contributed by atoms with Crippen LogP contribution in [0.1, 0.15) is 33.5 Å². The molecule has 3 rings (SSSR count). The maximum absolute atomic E-state index is 12.9. The normalized spacial score (nSPS) is 21.3. The Morgan fingerprint density at radius 3 is 2.67 bits per heavy atom. The number of carboxylic acids is 1. The van der Waals surface area contributed by atoms with Crippen molar-refractivity contribution in [1.29, 1.82) is 0 Å². The van der Waals surface area contributed by atoms with E-state index in [0.717, 1.165) is 16.4 Å². The third-order valence-electron chi connectivity index (χ3n) is 4.26. The Kier molecular flexibility index (Phi) is 6.92. The zero-order valence-electron chi connectivity index (χ0n) is 18.1. The number of aromatic nitrogens is 2. The van der Waals surface area contributed by atoms with Gasteiger partial charge in [0.25, 0.3) is 11.8 Å². The lowest BCUT2D eigenvalue weighted by molar-refractivity contribution is -0.167. The summed E-state index contributed by atoms with van der Waals surface area (Å²) in [5.74, 6) is -3.15. The van der Waals surface area contributed by atoms with E-state index in [-0.39, 0.29) is 16.7 Å². The maximum atomic E-state index is 12.9. The van der Waals surface area contributed by atoms with Gasteiger partial charge in [-0.2, -0.15) is 9.36 Å². The van der Waals surface area contributed by atoms with Crippen LogP contribution < -0.4 is 11.1 Å². The highest BCUT2D eigenvalue weighted by molar-refractivity contribution is 8.00. The van der Waals surface area contributed by atoms with Gasteiger partial charge in [-0.25, -0.2) is 9.59 Å². The van der Waals surface area contributed by atoms with E-state index in [1.807, 2.05) is 0 Å². The van der Waals surface area contributed by atoms with Gasteiger partial charge in [0.1, 0.15) is 22.7 Å². The number of esters is 1. The predicted octanol–water partition coefficient (Wildman–Crippen LogP) is -0.0604. The molecule has 1 aromatic rings. The summed E-state index contributed by atoms with van der Waals surface area (Å²) in [6.07, 6.45) is 0.279. The second-order valence-corrected chi connectivity index (χ2v) is 9.89. The second kappa shape index (κ2) is 9.35. The summed E-state index contributed by atoms with van der Waals surface area (Å²) in [6.45, 7) is 6.46. The molecule has 3 heterocycles. The van der Waals surface area contributed by atoms with Crippen molar-refractivity contribution in [3.05, 3.63) is 17.6 Å². The molecule has 0 spiro atoms. The van der Waals surface area contributed by atoms with Gasteiger partial charge >= 0.3 is 11.9 Å². The number of hydrogen-bond donors (Lipinski definition) is 3. The number of nitrogens with two attached hydrogens (primary N) is 1. The fraction of sp³-hybridized carbons (Fsp3) is 0.500. The van der Waals surface area contributed by atoms with Crippen LogP contribution in [0, 0.1) is 0 Å². The monoisotopic (exact) mass is 498 g/mol. The summed E-state index contributed by atoms with van der Waals surface area (Å²) >= 11 is 2.11. The highest BCUT2D eigenvalue weighted by Crippen LogP contribution is 2.37. The molecule has 2 aliphatic rings. The number of amides is 2. The number of thioether (sulfide) groups is 1. The number of ether oxygens (including phenoxy) is 1. The molecule has 1 saturated heterocycles. The van der Waals surface area contributed by atoms with Crippen LogP contribution in [0.3, 0.4) is 0 Å². The number of β-lactam (4-membered cyclic amide) rings is 1. The molecule has 13 nitrogen and oxygen atoms in total. The first-order valence-electron chi connectivity index (χ1n) is 9.64. The summed E-state index contributed by atoms with van der Waals surface area (Å²) in [4.78, 5) is 59.1. The van der Waals surface area contributed by atoms with Crippen LogP contribution in [0.5, 0.6) is 0 Å². The Balaban J connectivity index is 1.75. The van der Waals surface area contributed by atoms with Crippen LogP contribution in [0.2, 0.25) is 0 Å². The minimum absolute atomic E-state index is 0.0654. The van der Waals surface area contributed by atoms with Gasteiger partial charge in [-0.1, -0.05) is 5.16 Å². The number of rotatable bonds is 7. The number of anilines is 1. The first-order chi connectivity index (χ1) is 15.4. The molecule has 0 bridgehead atoms. The summed E-state index contributed by atoms with van der Waals surface area (Å²) < 4.78 is 9.14. The molecule has 0 radical (unpaired) electrons. The highest BCUT2D eigenvalue weighted by Gasteiger charge is 2.53. The maximum Gasteiger partial charge on any atom is 0.352 e. The Morgan fingerprint density at radius 2 is 2.09 bits per heavy atom. The topological polar surface area (TPSA) is 186 Å². The van der Waals surface area contributed by atoms with E-state index in [2.05, 4.69) is 19.8 Å². The molecule has 0 saturated carbocycles. The lowest BCUT2D eigenvalue weighted by Gasteiger charge is -2.48. The molecule has 4 N–H and O–H groups in total. The molecule has 1 fully saturated rings. The quantitative estimate of drug-likeness (QED) is 0.198. The number of carbonyl (C=O) groups excluding carboxylic acids is 3. The summed E-state index contributed by atoms with van der Waals surface area (Å²) in [5, 5.41) is 15.0. The van der Waals surface area contributed by atoms with Gasteiger partial charge in [0.2, 0.25) is 17.6 Å². The summed E-state index contributed by atoms with van der Waals surface area (Å²) in [6, 6.07) is -0.991. The van der Waals surface area contributed by atoms with E-state index in [4.69, 9.17) is 15.3 Å². The van der Waals surface area contributed by atoms with Crippen molar-refractivity contribution in [3.8, 4) is 0 Å². The minimum Gasteiger partial charge on any atom is -0.477 e. The zero-order chi connectivity index (χ0) is 24.5. The van der Waals surface area contributed by atoms with Crippen molar-refractivity contribution in [1.82, 2.24) is 19.6 Å². The Bertz CT molecular complexity index is 1050. The van der Waals surface area contributed by atoms with Gasteiger partial charge in [0.15, 0.2) is 5.13 Å². The molecule has 1 aromatic heterocycles. The van der Waals surface area contributed by atoms with Crippen molar-refractivity contribution in [2.24, 2.45) is 5.16 Å². The van der Waals surface area contributed by atoms with Gasteiger partial charge in [-0.15, -0.1) is 11.8 Å². The van der Waals surface area contributed by atoms with E-state index in [1.165, 1.54) is 24.8 Å². The molecule has 2 unspecified atom stereocenters. The van der Waals surface area contributed by atoms with Gasteiger partial charge < -0.3 is 25.7 Å². The number of carbonyl (C=O) groups is 4. The van der Waals surface area contributed by atoms with Gasteiger partial charge in [-0.05, 0) is 33.8 Å². The van der Waals surface area contributed by atoms with E-state index in [1.54, 1.807) is 20.8 Å². The highest BCUT2D eigenvalue weighted by atomic mass is 32.2. The van der Waals surface area contributed by atoms with Gasteiger partial charge in [0, 0.05) is 17.3 Å². The minimum atomic E-state index is -1.23. The second-order valence-electron chi connectivity index (χ2n) is 7.96. The smallest absolute Gasteiger partial charge is 0.352 e. The van der Waals surface area contributed by atoms with E-state index < -0.39 is 52.6 Å². The molecule has 0 aromatic carbocycles. The lowest BCUT2D eigenvalue weighted by Crippen LogP contribution is -2.70. The lowest BCUT2D eigenvalue weighted by atomic mass is 10.0. The van der Waals surface area contributed by atoms with E-state index >= 15 is 0 Å². The fourth-order valence-corrected chi connectivity index (χ4v) is 4.45. The number of aliphatic carboxylic acids is 1. The van der Waals surface area contributed by atoms with Crippen LogP contribution in [-0.2, 0) is 28.8 Å². The molecule has 178 valence electrons. The van der Waals surface area contributed by atoms with Crippen LogP contribution in [0.15, 0.2) is 16.9 Å². The largest absolute Gasteiger partial charge is 0.477 e. The van der Waals surface area contributed by atoms with Crippen molar-refractivity contribution >= 4 is 57.9 Å². The van der Waals surface area contributed by atoms with Gasteiger partial charge in [0.05, 0.1) is 0 Å². The van der Waals surface area contributed by atoms with Gasteiger partial charge in [-0.3, -0.25) is 14.5 Å². The third kappa shape index (κ3) is 5.42. The number of hydrogen-bond acceptors (Lipinski definition) is 12. The Labute approximate surface area is 196 Å². The third-order valence-corrected chi connectivity index (χ3v) is 5.99. The average Bonchev–Trinajstić information content (AvgIpc) is 3.15. The number of nitrogens with zero attached hydrogens (tertiary/aromatic N) is 4. The molecule has 33 heavy (non-hydrogen) atoms. The Morgan fingerprint density at radius 1 is 1.39 bits per heavy atom. The number of oxime groups is 1. The van der Waals surface area contributed by atoms with Crippen LogP contribution >= 0.6 is 23.3 Å². The molecule has 0 aliphatic carbocycles. The van der Waals surface area contributed by atoms with Crippen molar-refractivity contribution < 1.29 is 33.9 Å². The van der Waals surface area contributed by atoms with Crippen LogP contribution in [0.4, 0.5) is 5.13 Å². The van der Waals surface area contributed by atoms with Crippen molar-refractivity contribution in [2.45, 2.75) is 50.8 Å². The number of nitrogens with one attached hydrogen (secondary N) is 1. The molecular weight excluding hydrogens is 476 g/mol. The zero-order valence-corrected chi connectivity index (χ0v) is 19.7. The predicted molar refractivity (Wildman–Crippen MR) is 118 cm³/mol. The number of nitrogen functional groups attached to an aromatic ring is 1. The number of carboxylic acid groups (broad SMARTS) is 1. The van der Waals surface area contributed by atoms with Crippen LogP contribution in [-0.4, -0.2) is 77.7 Å². The van der Waals surface area contributed by atoms with E-state index in [9.17, 15) is 24.3 Å². The van der Waals surface area contributed by atoms with E-state index in [0.29, 0.717) is 5.75 Å². The molecular formula is C18H22N6O7S2. The van der Waals surface area contributed by atoms with Crippen LogP contribution in [0.25, 0.3) is 0 Å². The molecule has 2 aliphatic heterocycles. The first kappa shape index (κ1) is 24.4. The standard InChI is InChI=1S/C18H22N6O7S2/c1-7(16(29)30-18(2,3)4)31-22-9(11-21-17(19)33-23-11)12(25)20-10-13(26)24-8(15(27)28)5-6-32-14(10)24/h5,7,10,14H,6H2,1-4H3,(H,20,25)(H,27,28)(H2,19,21,23)/t7?,10?,14-/m1/s1. The SMILES string of the molecule is CC(ON=C(C(=O)NC1C(=O)N2C(C(=O)O)=CCS[C@H]12)c1nsc(N)n1)C(=O)OC(C)(C)C. The fourth-order valence-electron chi connectivity index (χ4n) is 2.82. The van der Waals surface area contributed by atoms with Crippen molar-refractivity contribution in [2.75, 3.05) is 11.5 Å².